The lowest BCUT2D eigenvalue weighted by atomic mass is 10.1. The van der Waals surface area contributed by atoms with E-state index in [4.69, 9.17) is 0 Å². The van der Waals surface area contributed by atoms with Crippen LogP contribution in [0.4, 0.5) is 0 Å². The molecule has 2 aromatic rings. The van der Waals surface area contributed by atoms with Crippen LogP contribution in [0, 0.1) is 0 Å². The van der Waals surface area contributed by atoms with Crippen molar-refractivity contribution in [3.8, 4) is 0 Å². The molecule has 30 heavy (non-hydrogen) atoms. The molecule has 2 rings (SSSR count). The smallest absolute Gasteiger partial charge is 0.313 e. The van der Waals surface area contributed by atoms with E-state index in [1.54, 1.807) is 14.0 Å². The van der Waals surface area contributed by atoms with Gasteiger partial charge in [-0.25, -0.2) is 9.78 Å². The zero-order valence-electron chi connectivity index (χ0n) is 18.8. The Morgan fingerprint density at radius 1 is 1.03 bits per heavy atom. The Morgan fingerprint density at radius 2 is 1.60 bits per heavy atom. The third kappa shape index (κ3) is 6.59. The maximum Gasteiger partial charge on any atom is 0.329 e. The maximum absolute atomic E-state index is 12.5. The monoisotopic (exact) mass is 436 g/mol. The summed E-state index contributed by atoms with van der Waals surface area (Å²) in [6, 6.07) is 0. The number of carbonyl (C=O) groups excluding carboxylic acids is 1. The van der Waals surface area contributed by atoms with E-state index in [2.05, 4.69) is 16.9 Å². The summed E-state index contributed by atoms with van der Waals surface area (Å²) in [5, 5.41) is 0.361. The third-order valence-corrected chi connectivity index (χ3v) is 6.77. The summed E-state index contributed by atoms with van der Waals surface area (Å²) in [6.07, 6.45) is 12.4. The third-order valence-electron chi connectivity index (χ3n) is 5.56. The Hall–Kier alpha value is -1.83. The lowest BCUT2D eigenvalue weighted by molar-refractivity contribution is -0.116. The summed E-state index contributed by atoms with van der Waals surface area (Å²) in [7, 11) is 1.60. The van der Waals surface area contributed by atoms with Gasteiger partial charge in [0, 0.05) is 13.6 Å². The number of nitrogens with one attached hydrogen (secondary N) is 1. The van der Waals surface area contributed by atoms with Crippen LogP contribution in [-0.2, 0) is 18.4 Å². The zero-order valence-corrected chi connectivity index (χ0v) is 19.6. The maximum atomic E-state index is 12.5. The van der Waals surface area contributed by atoms with Gasteiger partial charge >= 0.3 is 5.69 Å². The predicted octanol–water partition coefficient (Wildman–Crippen LogP) is 4.41. The van der Waals surface area contributed by atoms with Crippen molar-refractivity contribution in [3.05, 3.63) is 20.8 Å². The second kappa shape index (κ2) is 12.1. The number of fused-ring (bicyclic) bond motifs is 1. The number of aromatic nitrogens is 4. The number of hydrogen-bond donors (Lipinski definition) is 1. The molecule has 168 valence electrons. The molecule has 0 aliphatic carbocycles. The molecular formula is C22H36N4O3S. The number of Topliss-reactive ketones (excluding diaryl/α,β-unsaturated/α-hetero) is 1. The number of ketones is 1. The van der Waals surface area contributed by atoms with Crippen molar-refractivity contribution in [2.24, 2.45) is 7.05 Å². The minimum Gasteiger partial charge on any atom is -0.313 e. The number of rotatable bonds is 14. The molecule has 2 aromatic heterocycles. The van der Waals surface area contributed by atoms with Gasteiger partial charge in [-0.2, -0.15) is 0 Å². The number of aromatic amines is 1. The van der Waals surface area contributed by atoms with Crippen LogP contribution in [0.2, 0.25) is 0 Å². The van der Waals surface area contributed by atoms with Gasteiger partial charge in [-0.15, -0.1) is 0 Å². The van der Waals surface area contributed by atoms with Crippen molar-refractivity contribution in [1.82, 2.24) is 19.1 Å². The zero-order chi connectivity index (χ0) is 22.1. The first-order chi connectivity index (χ1) is 14.4. The summed E-state index contributed by atoms with van der Waals surface area (Å²) >= 11 is 1.34. The van der Waals surface area contributed by atoms with E-state index in [9.17, 15) is 14.4 Å². The van der Waals surface area contributed by atoms with Gasteiger partial charge < -0.3 is 4.57 Å². The molecule has 2 heterocycles. The minimum absolute atomic E-state index is 0.0559. The number of H-pyrrole nitrogens is 1. The van der Waals surface area contributed by atoms with Crippen molar-refractivity contribution < 1.29 is 4.79 Å². The Kier molecular flexibility index (Phi) is 9.88. The largest absolute Gasteiger partial charge is 0.329 e. The summed E-state index contributed by atoms with van der Waals surface area (Å²) < 4.78 is 3.23. The van der Waals surface area contributed by atoms with Gasteiger partial charge in [0.2, 0.25) is 0 Å². The molecule has 0 bridgehead atoms. The number of thioether (sulfide) groups is 1. The first-order valence-corrected chi connectivity index (χ1v) is 12.1. The first kappa shape index (κ1) is 24.4. The highest BCUT2D eigenvalue weighted by atomic mass is 32.2. The van der Waals surface area contributed by atoms with Crippen LogP contribution >= 0.6 is 11.8 Å². The van der Waals surface area contributed by atoms with Gasteiger partial charge in [0.25, 0.3) is 5.56 Å². The first-order valence-electron chi connectivity index (χ1n) is 11.2. The van der Waals surface area contributed by atoms with E-state index in [0.29, 0.717) is 22.9 Å². The van der Waals surface area contributed by atoms with Gasteiger partial charge in [0.05, 0.1) is 5.25 Å². The van der Waals surface area contributed by atoms with Crippen molar-refractivity contribution in [2.45, 2.75) is 102 Å². The summed E-state index contributed by atoms with van der Waals surface area (Å²) in [6.45, 7) is 6.28. The molecule has 7 nitrogen and oxygen atoms in total. The second-order valence-corrected chi connectivity index (χ2v) is 9.40. The Morgan fingerprint density at radius 3 is 2.17 bits per heavy atom. The molecular weight excluding hydrogens is 400 g/mol. The number of hydrogen-bond acceptors (Lipinski definition) is 5. The predicted molar refractivity (Wildman–Crippen MR) is 123 cm³/mol. The average Bonchev–Trinajstić information content (AvgIpc) is 3.06. The van der Waals surface area contributed by atoms with Crippen molar-refractivity contribution in [3.63, 3.8) is 0 Å². The number of unbranched alkanes of at least 4 members (excludes halogenated alkanes) is 9. The molecule has 0 aliphatic rings. The fourth-order valence-electron chi connectivity index (χ4n) is 3.51. The fraction of sp³-hybridized carbons (Fsp3) is 0.727. The molecule has 0 amide bonds. The molecule has 0 saturated heterocycles. The van der Waals surface area contributed by atoms with E-state index in [-0.39, 0.29) is 11.0 Å². The molecule has 0 saturated carbocycles. The van der Waals surface area contributed by atoms with Crippen LogP contribution in [0.3, 0.4) is 0 Å². The average molecular weight is 437 g/mol. The quantitative estimate of drug-likeness (QED) is 0.350. The summed E-state index contributed by atoms with van der Waals surface area (Å²) in [5.41, 5.74) is -0.123. The van der Waals surface area contributed by atoms with Crippen LogP contribution in [-0.4, -0.2) is 30.1 Å². The lowest BCUT2D eigenvalue weighted by Crippen LogP contribution is -2.29. The Labute approximate surface area is 182 Å². The highest BCUT2D eigenvalue weighted by Gasteiger charge is 2.20. The molecule has 0 aromatic carbocycles. The van der Waals surface area contributed by atoms with E-state index in [1.807, 2.05) is 11.5 Å². The number of aryl methyl sites for hydroxylation is 2. The van der Waals surface area contributed by atoms with Crippen LogP contribution < -0.4 is 11.2 Å². The van der Waals surface area contributed by atoms with E-state index < -0.39 is 11.2 Å². The standard InChI is InChI=1S/C22H36N4O3S/c1-5-6-7-8-9-10-11-12-13-14-15-26-18-19(25(4)21(29)24-20(18)28)23-22(26)30-17(3)16(2)27/h17H,5-15H2,1-4H3,(H,24,28,29)/t17-/m1/s1. The molecule has 0 aliphatic heterocycles. The van der Waals surface area contributed by atoms with Gasteiger partial charge in [0.1, 0.15) is 5.78 Å². The topological polar surface area (TPSA) is 89.8 Å². The lowest BCUT2D eigenvalue weighted by Gasteiger charge is -2.11. The normalized spacial score (nSPS) is 12.5. The van der Waals surface area contributed by atoms with Crippen LogP contribution in [0.15, 0.2) is 14.7 Å². The van der Waals surface area contributed by atoms with E-state index in [1.165, 1.54) is 67.7 Å². The minimum atomic E-state index is -0.479. The SMILES string of the molecule is CCCCCCCCCCCCn1c(S[C@H](C)C(C)=O)nc2c1c(=O)[nH]c(=O)n2C. The van der Waals surface area contributed by atoms with Crippen molar-refractivity contribution in [2.75, 3.05) is 0 Å². The Bertz CT molecular complexity index is 944. The van der Waals surface area contributed by atoms with Crippen molar-refractivity contribution in [1.29, 1.82) is 0 Å². The van der Waals surface area contributed by atoms with E-state index in [0.717, 1.165) is 12.8 Å². The summed E-state index contributed by atoms with van der Waals surface area (Å²) in [5.74, 6) is 0.0559. The molecule has 0 spiro atoms. The van der Waals surface area contributed by atoms with Gasteiger partial charge in [-0.05, 0) is 20.3 Å². The fourth-order valence-corrected chi connectivity index (χ4v) is 4.44. The number of imidazole rings is 1. The highest BCUT2D eigenvalue weighted by molar-refractivity contribution is 8.00. The van der Waals surface area contributed by atoms with Crippen LogP contribution in [0.25, 0.3) is 11.2 Å². The number of nitrogens with zero attached hydrogens (tertiary/aromatic N) is 3. The van der Waals surface area contributed by atoms with Crippen molar-refractivity contribution >= 4 is 28.7 Å². The van der Waals surface area contributed by atoms with Gasteiger partial charge in [0.15, 0.2) is 16.3 Å². The molecule has 0 radical (unpaired) electrons. The van der Waals surface area contributed by atoms with Gasteiger partial charge in [-0.3, -0.25) is 19.1 Å². The number of carbonyl (C=O) groups is 1. The van der Waals surface area contributed by atoms with Gasteiger partial charge in [-0.1, -0.05) is 76.5 Å². The molecule has 0 unspecified atom stereocenters. The summed E-state index contributed by atoms with van der Waals surface area (Å²) in [4.78, 5) is 43.1. The van der Waals surface area contributed by atoms with E-state index >= 15 is 0 Å². The second-order valence-electron chi connectivity index (χ2n) is 8.09. The Balaban J connectivity index is 2.02. The van der Waals surface area contributed by atoms with Crippen LogP contribution in [0.1, 0.15) is 85.0 Å². The van der Waals surface area contributed by atoms with Crippen LogP contribution in [0.5, 0.6) is 0 Å². The molecule has 8 heteroatoms. The molecule has 1 N–H and O–H groups in total. The molecule has 0 fully saturated rings. The molecule has 1 atom stereocenters. The highest BCUT2D eigenvalue weighted by Crippen LogP contribution is 2.26.